The molecule has 0 aliphatic carbocycles. The van der Waals surface area contributed by atoms with Gasteiger partial charge in [0.25, 0.3) is 0 Å². The Morgan fingerprint density at radius 1 is 1.30 bits per heavy atom. The van der Waals surface area contributed by atoms with Crippen molar-refractivity contribution in [3.05, 3.63) is 0 Å². The minimum absolute atomic E-state index is 0.304. The van der Waals surface area contributed by atoms with Crippen LogP contribution in [0.15, 0.2) is 0 Å². The van der Waals surface area contributed by atoms with E-state index in [1.165, 1.54) is 0 Å². The van der Waals surface area contributed by atoms with Gasteiger partial charge in [-0.05, 0) is 32.2 Å². The van der Waals surface area contributed by atoms with Crippen LogP contribution in [0, 0.1) is 5.92 Å². The van der Waals surface area contributed by atoms with E-state index in [9.17, 15) is 8.42 Å². The normalized spacial score (nSPS) is 27.2. The molecule has 4 nitrogen and oxygen atoms in total. The van der Waals surface area contributed by atoms with Crippen LogP contribution in [0.1, 0.15) is 47.0 Å². The monoisotopic (exact) mass is 304 g/mol. The summed E-state index contributed by atoms with van der Waals surface area (Å²) in [7, 11) is -2.87. The van der Waals surface area contributed by atoms with Crippen LogP contribution in [0.25, 0.3) is 0 Å². The summed E-state index contributed by atoms with van der Waals surface area (Å²) in [6.07, 6.45) is 2.98. The highest BCUT2D eigenvalue weighted by atomic mass is 32.2. The summed E-state index contributed by atoms with van der Waals surface area (Å²) < 4.78 is 23.8. The third kappa shape index (κ3) is 5.70. The van der Waals surface area contributed by atoms with Crippen molar-refractivity contribution < 1.29 is 8.42 Å². The molecule has 3 atom stereocenters. The van der Waals surface area contributed by atoms with Gasteiger partial charge in [-0.2, -0.15) is 0 Å². The molecule has 0 aromatic carbocycles. The van der Waals surface area contributed by atoms with E-state index in [4.69, 9.17) is 0 Å². The Balaban J connectivity index is 2.60. The van der Waals surface area contributed by atoms with Crippen molar-refractivity contribution in [2.45, 2.75) is 59.0 Å². The number of rotatable bonds is 7. The van der Waals surface area contributed by atoms with Crippen LogP contribution in [-0.2, 0) is 9.84 Å². The zero-order valence-corrected chi connectivity index (χ0v) is 14.4. The van der Waals surface area contributed by atoms with Gasteiger partial charge < -0.3 is 5.32 Å². The second-order valence-corrected chi connectivity index (χ2v) is 8.53. The van der Waals surface area contributed by atoms with Crippen LogP contribution in [0.4, 0.5) is 0 Å². The number of hydrogen-bond acceptors (Lipinski definition) is 4. The van der Waals surface area contributed by atoms with Crippen molar-refractivity contribution in [2.24, 2.45) is 5.92 Å². The Kier molecular flexibility index (Phi) is 7.48. The fourth-order valence-electron chi connectivity index (χ4n) is 2.80. The highest BCUT2D eigenvalue weighted by Crippen LogP contribution is 2.16. The molecule has 20 heavy (non-hydrogen) atoms. The maximum Gasteiger partial charge on any atom is 0.151 e. The first kappa shape index (κ1) is 17.9. The number of nitrogens with zero attached hydrogens (tertiary/aromatic N) is 1. The van der Waals surface area contributed by atoms with Gasteiger partial charge in [0.15, 0.2) is 9.84 Å². The summed E-state index contributed by atoms with van der Waals surface area (Å²) in [5.41, 5.74) is 0. The van der Waals surface area contributed by atoms with Crippen LogP contribution in [0.3, 0.4) is 0 Å². The summed E-state index contributed by atoms with van der Waals surface area (Å²) in [6.45, 7) is 11.3. The molecule has 1 aliphatic rings. The second-order valence-electron chi connectivity index (χ2n) is 6.23. The smallest absolute Gasteiger partial charge is 0.151 e. The molecule has 1 N–H and O–H groups in total. The summed E-state index contributed by atoms with van der Waals surface area (Å²) in [5.74, 6) is 1.26. The average molecular weight is 305 g/mol. The minimum Gasteiger partial charge on any atom is -0.312 e. The molecule has 1 rings (SSSR count). The van der Waals surface area contributed by atoms with E-state index in [-0.39, 0.29) is 0 Å². The lowest BCUT2D eigenvalue weighted by atomic mass is 9.99. The molecule has 1 fully saturated rings. The lowest BCUT2D eigenvalue weighted by Crippen LogP contribution is -2.45. The molecule has 0 amide bonds. The van der Waals surface area contributed by atoms with Crippen molar-refractivity contribution >= 4 is 9.84 Å². The molecule has 0 saturated carbocycles. The molecule has 0 radical (unpaired) electrons. The largest absolute Gasteiger partial charge is 0.312 e. The van der Waals surface area contributed by atoms with Crippen molar-refractivity contribution in [2.75, 3.05) is 31.1 Å². The predicted molar refractivity (Wildman–Crippen MR) is 85.8 cm³/mol. The zero-order valence-electron chi connectivity index (χ0n) is 13.6. The highest BCUT2D eigenvalue weighted by molar-refractivity contribution is 7.91. The van der Waals surface area contributed by atoms with Gasteiger partial charge >= 0.3 is 0 Å². The molecule has 0 bridgehead atoms. The maximum atomic E-state index is 11.9. The third-order valence-electron chi connectivity index (χ3n) is 4.56. The summed E-state index contributed by atoms with van der Waals surface area (Å²) in [5, 5.41) is 3.62. The van der Waals surface area contributed by atoms with Crippen LogP contribution in [0.5, 0.6) is 0 Å². The SMILES string of the molecule is CCCS(=O)(=O)CCN1CC(C(C)CC)NCCC1C. The second kappa shape index (κ2) is 8.35. The standard InChI is InChI=1S/C15H32N2O2S/c1-5-10-20(18,19)11-9-17-12-15(13(3)6-2)16-8-7-14(17)4/h13-16H,5-12H2,1-4H3. The van der Waals surface area contributed by atoms with E-state index >= 15 is 0 Å². The molecule has 3 unspecified atom stereocenters. The Hall–Kier alpha value is -0.130. The Morgan fingerprint density at radius 3 is 2.60 bits per heavy atom. The number of hydrogen-bond donors (Lipinski definition) is 1. The Morgan fingerprint density at radius 2 is 2.00 bits per heavy atom. The Labute approximate surface area is 125 Å². The minimum atomic E-state index is -2.87. The van der Waals surface area contributed by atoms with Gasteiger partial charge in [-0.15, -0.1) is 0 Å². The lowest BCUT2D eigenvalue weighted by Gasteiger charge is -2.31. The summed E-state index contributed by atoms with van der Waals surface area (Å²) >= 11 is 0. The molecule has 5 heteroatoms. The highest BCUT2D eigenvalue weighted by Gasteiger charge is 2.26. The molecular formula is C15H32N2O2S. The van der Waals surface area contributed by atoms with Gasteiger partial charge in [-0.1, -0.05) is 27.2 Å². The first-order valence-corrected chi connectivity index (χ1v) is 9.89. The topological polar surface area (TPSA) is 49.4 Å². The Bertz CT molecular complexity index is 370. The average Bonchev–Trinajstić information content (AvgIpc) is 2.57. The number of sulfone groups is 1. The molecule has 1 aliphatic heterocycles. The van der Waals surface area contributed by atoms with Crippen LogP contribution >= 0.6 is 0 Å². The molecule has 1 heterocycles. The van der Waals surface area contributed by atoms with Crippen molar-refractivity contribution in [1.29, 1.82) is 0 Å². The van der Waals surface area contributed by atoms with Crippen LogP contribution in [0.2, 0.25) is 0 Å². The van der Waals surface area contributed by atoms with E-state index in [1.807, 2.05) is 6.92 Å². The van der Waals surface area contributed by atoms with Gasteiger partial charge in [0.1, 0.15) is 0 Å². The van der Waals surface area contributed by atoms with Crippen molar-refractivity contribution in [1.82, 2.24) is 10.2 Å². The third-order valence-corrected chi connectivity index (χ3v) is 6.39. The van der Waals surface area contributed by atoms with Crippen LogP contribution in [-0.4, -0.2) is 56.5 Å². The molecule has 0 aromatic heterocycles. The van der Waals surface area contributed by atoms with Gasteiger partial charge in [0.05, 0.1) is 5.75 Å². The van der Waals surface area contributed by atoms with E-state index in [1.54, 1.807) is 0 Å². The van der Waals surface area contributed by atoms with E-state index in [0.717, 1.165) is 32.4 Å². The van der Waals surface area contributed by atoms with Crippen molar-refractivity contribution in [3.63, 3.8) is 0 Å². The van der Waals surface area contributed by atoms with Gasteiger partial charge in [0.2, 0.25) is 0 Å². The molecular weight excluding hydrogens is 272 g/mol. The van der Waals surface area contributed by atoms with Gasteiger partial charge in [0, 0.05) is 30.9 Å². The summed E-state index contributed by atoms with van der Waals surface area (Å²) in [6, 6.07) is 0.951. The quantitative estimate of drug-likeness (QED) is 0.780. The fourth-order valence-corrected chi connectivity index (χ4v) is 4.14. The maximum absolute atomic E-state index is 11.9. The van der Waals surface area contributed by atoms with E-state index in [0.29, 0.717) is 36.1 Å². The summed E-state index contributed by atoms with van der Waals surface area (Å²) in [4.78, 5) is 2.37. The zero-order chi connectivity index (χ0) is 15.2. The molecule has 120 valence electrons. The van der Waals surface area contributed by atoms with Gasteiger partial charge in [-0.3, -0.25) is 4.90 Å². The van der Waals surface area contributed by atoms with Gasteiger partial charge in [-0.25, -0.2) is 8.42 Å². The first-order valence-electron chi connectivity index (χ1n) is 8.07. The lowest BCUT2D eigenvalue weighted by molar-refractivity contribution is 0.198. The van der Waals surface area contributed by atoms with E-state index in [2.05, 4.69) is 31.0 Å². The predicted octanol–water partition coefficient (Wildman–Crippen LogP) is 1.91. The molecule has 0 aromatic rings. The first-order chi connectivity index (χ1) is 9.39. The van der Waals surface area contributed by atoms with Crippen LogP contribution < -0.4 is 5.32 Å². The number of nitrogens with one attached hydrogen (secondary N) is 1. The molecule has 1 saturated heterocycles. The molecule has 0 spiro atoms. The fraction of sp³-hybridized carbons (Fsp3) is 1.00. The van der Waals surface area contributed by atoms with E-state index < -0.39 is 9.84 Å². The van der Waals surface area contributed by atoms with Crippen molar-refractivity contribution in [3.8, 4) is 0 Å².